The predicted octanol–water partition coefficient (Wildman–Crippen LogP) is 1.99. The van der Waals surface area contributed by atoms with E-state index < -0.39 is 0 Å². The maximum absolute atomic E-state index is 12.8. The van der Waals surface area contributed by atoms with Gasteiger partial charge < -0.3 is 19.2 Å². The maximum Gasteiger partial charge on any atom is 0.254 e. The van der Waals surface area contributed by atoms with Crippen LogP contribution in [0.3, 0.4) is 0 Å². The number of ether oxygens (including phenoxy) is 1. The number of H-pyrrole nitrogens is 1. The molecule has 0 unspecified atom stereocenters. The molecule has 3 heterocycles. The summed E-state index contributed by atoms with van der Waals surface area (Å²) in [6, 6.07) is 7.73. The fourth-order valence-corrected chi connectivity index (χ4v) is 3.11. The Kier molecular flexibility index (Phi) is 3.78. The van der Waals surface area contributed by atoms with Crippen LogP contribution < -0.4 is 0 Å². The lowest BCUT2D eigenvalue weighted by Gasteiger charge is -2.32. The Morgan fingerprint density at radius 3 is 3.21 bits per heavy atom. The molecule has 1 N–H and O–H groups in total. The third-order valence-corrected chi connectivity index (χ3v) is 4.43. The Hall–Kier alpha value is -2.67. The van der Waals surface area contributed by atoms with Crippen LogP contribution in [-0.4, -0.2) is 50.3 Å². The Morgan fingerprint density at radius 1 is 1.42 bits per heavy atom. The number of nitrogens with one attached hydrogen (secondary N) is 1. The average Bonchev–Trinajstić information content (AvgIpc) is 3.29. The van der Waals surface area contributed by atoms with E-state index in [9.17, 15) is 4.79 Å². The highest BCUT2D eigenvalue weighted by Gasteiger charge is 2.29. The molecule has 0 bridgehead atoms. The van der Waals surface area contributed by atoms with Crippen molar-refractivity contribution in [3.63, 3.8) is 0 Å². The molecule has 1 atom stereocenters. The van der Waals surface area contributed by atoms with Crippen molar-refractivity contribution in [2.75, 3.05) is 19.7 Å². The Balaban J connectivity index is 1.55. The summed E-state index contributed by atoms with van der Waals surface area (Å²) in [5.74, 6) is 0.789. The summed E-state index contributed by atoms with van der Waals surface area (Å²) in [7, 11) is 0. The number of benzene rings is 1. The summed E-state index contributed by atoms with van der Waals surface area (Å²) in [6.45, 7) is 4.38. The normalized spacial score (nSPS) is 18.2. The first-order valence-electron chi connectivity index (χ1n) is 8.12. The third kappa shape index (κ3) is 2.56. The molecule has 1 saturated heterocycles. The minimum atomic E-state index is -0.237. The van der Waals surface area contributed by atoms with Crippen molar-refractivity contribution in [1.82, 2.24) is 24.6 Å². The van der Waals surface area contributed by atoms with Crippen molar-refractivity contribution in [2.24, 2.45) is 0 Å². The van der Waals surface area contributed by atoms with Gasteiger partial charge in [-0.15, -0.1) is 10.2 Å². The molecule has 124 valence electrons. The lowest BCUT2D eigenvalue weighted by molar-refractivity contribution is -0.0283. The zero-order valence-electron chi connectivity index (χ0n) is 13.5. The number of hydrogen-bond acceptors (Lipinski definition) is 4. The van der Waals surface area contributed by atoms with Gasteiger partial charge in [0.05, 0.1) is 13.2 Å². The number of nitrogens with zero attached hydrogens (tertiary/aromatic N) is 4. The first kappa shape index (κ1) is 14.9. The first-order chi connectivity index (χ1) is 11.8. The standard InChI is InChI=1S/C17H19N5O2/c1-2-21-11-19-20-16(21)15-10-22(7-8-24-15)17(23)13-4-3-12-5-6-18-14(12)9-13/h3-6,9,11,15,18H,2,7-8,10H2,1H3/t15-/m1/s1. The lowest BCUT2D eigenvalue weighted by atomic mass is 10.1. The van der Waals surface area contributed by atoms with Gasteiger partial charge in [0.1, 0.15) is 12.4 Å². The zero-order valence-corrected chi connectivity index (χ0v) is 13.5. The maximum atomic E-state index is 12.8. The molecule has 1 aromatic carbocycles. The molecule has 0 saturated carbocycles. The summed E-state index contributed by atoms with van der Waals surface area (Å²) in [5, 5.41) is 9.21. The van der Waals surface area contributed by atoms with Crippen LogP contribution in [0.1, 0.15) is 29.2 Å². The molecular formula is C17H19N5O2. The van der Waals surface area contributed by atoms with E-state index in [-0.39, 0.29) is 12.0 Å². The molecular weight excluding hydrogens is 306 g/mol. The summed E-state index contributed by atoms with van der Waals surface area (Å²) in [6.07, 6.45) is 3.33. The van der Waals surface area contributed by atoms with Crippen LogP contribution in [0.5, 0.6) is 0 Å². The van der Waals surface area contributed by atoms with E-state index >= 15 is 0 Å². The van der Waals surface area contributed by atoms with Gasteiger partial charge in [-0.1, -0.05) is 6.07 Å². The van der Waals surface area contributed by atoms with E-state index in [1.807, 2.05) is 46.9 Å². The van der Waals surface area contributed by atoms with Crippen LogP contribution in [-0.2, 0) is 11.3 Å². The second kappa shape index (κ2) is 6.09. The number of rotatable bonds is 3. The largest absolute Gasteiger partial charge is 0.366 e. The van der Waals surface area contributed by atoms with Gasteiger partial charge in [-0.05, 0) is 30.5 Å². The number of amides is 1. The molecule has 7 nitrogen and oxygen atoms in total. The minimum Gasteiger partial charge on any atom is -0.366 e. The number of morpholine rings is 1. The van der Waals surface area contributed by atoms with Gasteiger partial charge >= 0.3 is 0 Å². The number of carbonyl (C=O) groups is 1. The molecule has 0 spiro atoms. The minimum absolute atomic E-state index is 0.0161. The Bertz CT molecular complexity index is 869. The summed E-state index contributed by atoms with van der Waals surface area (Å²) in [5.41, 5.74) is 1.65. The fraction of sp³-hybridized carbons (Fsp3) is 0.353. The van der Waals surface area contributed by atoms with Crippen molar-refractivity contribution in [1.29, 1.82) is 0 Å². The van der Waals surface area contributed by atoms with Crippen LogP contribution in [0, 0.1) is 0 Å². The van der Waals surface area contributed by atoms with Gasteiger partial charge in [-0.3, -0.25) is 4.79 Å². The smallest absolute Gasteiger partial charge is 0.254 e. The molecule has 3 aromatic rings. The van der Waals surface area contributed by atoms with Crippen molar-refractivity contribution in [2.45, 2.75) is 19.6 Å². The van der Waals surface area contributed by atoms with Crippen molar-refractivity contribution in [3.8, 4) is 0 Å². The van der Waals surface area contributed by atoms with E-state index in [0.717, 1.165) is 23.3 Å². The quantitative estimate of drug-likeness (QED) is 0.799. The number of aryl methyl sites for hydroxylation is 1. The predicted molar refractivity (Wildman–Crippen MR) is 88.6 cm³/mol. The van der Waals surface area contributed by atoms with Crippen molar-refractivity contribution >= 4 is 16.8 Å². The molecule has 24 heavy (non-hydrogen) atoms. The molecule has 2 aromatic heterocycles. The number of carbonyl (C=O) groups excluding carboxylic acids is 1. The molecule has 7 heteroatoms. The SMILES string of the molecule is CCn1cnnc1[C@H]1CN(C(=O)c2ccc3cc[nH]c3c2)CCO1. The van der Waals surface area contributed by atoms with Gasteiger partial charge in [0.25, 0.3) is 5.91 Å². The summed E-state index contributed by atoms with van der Waals surface area (Å²) in [4.78, 5) is 17.8. The summed E-state index contributed by atoms with van der Waals surface area (Å²) >= 11 is 0. The van der Waals surface area contributed by atoms with E-state index in [0.29, 0.717) is 25.3 Å². The van der Waals surface area contributed by atoms with Crippen LogP contribution in [0.25, 0.3) is 10.9 Å². The fourth-order valence-electron chi connectivity index (χ4n) is 3.11. The molecule has 1 fully saturated rings. The highest BCUT2D eigenvalue weighted by Crippen LogP contribution is 2.23. The van der Waals surface area contributed by atoms with Crippen molar-refractivity contribution < 1.29 is 9.53 Å². The molecule has 1 amide bonds. The molecule has 0 radical (unpaired) electrons. The van der Waals surface area contributed by atoms with E-state index in [1.54, 1.807) is 6.33 Å². The molecule has 4 rings (SSSR count). The summed E-state index contributed by atoms with van der Waals surface area (Å²) < 4.78 is 7.76. The second-order valence-corrected chi connectivity index (χ2v) is 5.87. The third-order valence-electron chi connectivity index (χ3n) is 4.43. The molecule has 1 aliphatic rings. The van der Waals surface area contributed by atoms with Gasteiger partial charge in [-0.25, -0.2) is 0 Å². The molecule has 1 aliphatic heterocycles. The zero-order chi connectivity index (χ0) is 16.5. The van der Waals surface area contributed by atoms with E-state index in [4.69, 9.17) is 4.74 Å². The van der Waals surface area contributed by atoms with Gasteiger partial charge in [0.2, 0.25) is 0 Å². The van der Waals surface area contributed by atoms with E-state index in [2.05, 4.69) is 15.2 Å². The van der Waals surface area contributed by atoms with Crippen LogP contribution in [0.15, 0.2) is 36.8 Å². The first-order valence-corrected chi connectivity index (χ1v) is 8.12. The highest BCUT2D eigenvalue weighted by molar-refractivity contribution is 5.98. The second-order valence-electron chi connectivity index (χ2n) is 5.87. The average molecular weight is 325 g/mol. The van der Waals surface area contributed by atoms with Gasteiger partial charge in [-0.2, -0.15) is 0 Å². The van der Waals surface area contributed by atoms with E-state index in [1.165, 1.54) is 0 Å². The lowest BCUT2D eigenvalue weighted by Crippen LogP contribution is -2.42. The number of hydrogen-bond donors (Lipinski definition) is 1. The molecule has 0 aliphatic carbocycles. The van der Waals surface area contributed by atoms with Crippen molar-refractivity contribution in [3.05, 3.63) is 48.2 Å². The Morgan fingerprint density at radius 2 is 2.33 bits per heavy atom. The Labute approximate surface area is 139 Å². The monoisotopic (exact) mass is 325 g/mol. The van der Waals surface area contributed by atoms with Crippen LogP contribution in [0.4, 0.5) is 0 Å². The number of aromatic amines is 1. The van der Waals surface area contributed by atoms with Gasteiger partial charge in [0, 0.05) is 30.4 Å². The van der Waals surface area contributed by atoms with Crippen LogP contribution >= 0.6 is 0 Å². The number of fused-ring (bicyclic) bond motifs is 1. The number of aromatic nitrogens is 4. The van der Waals surface area contributed by atoms with Gasteiger partial charge in [0.15, 0.2) is 5.82 Å². The van der Waals surface area contributed by atoms with Crippen LogP contribution in [0.2, 0.25) is 0 Å². The highest BCUT2D eigenvalue weighted by atomic mass is 16.5. The topological polar surface area (TPSA) is 76.0 Å².